The summed E-state index contributed by atoms with van der Waals surface area (Å²) >= 11 is 0. The van der Waals surface area contributed by atoms with E-state index in [0.29, 0.717) is 23.7 Å². The molecule has 3 aliphatic rings. The molecule has 0 aromatic carbocycles. The molecule has 120 valence electrons. The fourth-order valence-electron chi connectivity index (χ4n) is 4.21. The maximum absolute atomic E-state index is 12.4. The maximum atomic E-state index is 12.4. The number of hydrogen-bond donors (Lipinski definition) is 0. The lowest BCUT2D eigenvalue weighted by Crippen LogP contribution is -2.43. The zero-order valence-corrected chi connectivity index (χ0v) is 12.9. The van der Waals surface area contributed by atoms with E-state index in [4.69, 9.17) is 9.15 Å². The number of carbonyl (C=O) groups excluding carboxylic acids is 1. The molecule has 22 heavy (non-hydrogen) atoms. The van der Waals surface area contributed by atoms with Crippen molar-refractivity contribution in [2.24, 2.45) is 11.8 Å². The van der Waals surface area contributed by atoms with E-state index >= 15 is 0 Å². The average Bonchev–Trinajstić information content (AvgIpc) is 3.27. The van der Waals surface area contributed by atoms with Crippen LogP contribution in [0, 0.1) is 11.8 Å². The van der Waals surface area contributed by atoms with Gasteiger partial charge in [0.1, 0.15) is 0 Å². The Bertz CT molecular complexity index is 510. The smallest absolute Gasteiger partial charge is 0.289 e. The Labute approximate surface area is 131 Å². The van der Waals surface area contributed by atoms with E-state index in [-0.39, 0.29) is 5.91 Å². The van der Waals surface area contributed by atoms with Crippen molar-refractivity contribution in [1.29, 1.82) is 0 Å². The van der Waals surface area contributed by atoms with Gasteiger partial charge in [-0.15, -0.1) is 0 Å². The molecular formula is C17H24N2O3. The zero-order chi connectivity index (χ0) is 14.9. The third-order valence-corrected chi connectivity index (χ3v) is 5.39. The van der Waals surface area contributed by atoms with Crippen molar-refractivity contribution in [2.75, 3.05) is 39.3 Å². The molecule has 3 atom stereocenters. The second kappa shape index (κ2) is 6.05. The van der Waals surface area contributed by atoms with Gasteiger partial charge in [0.05, 0.1) is 12.4 Å². The molecule has 0 bridgehead atoms. The maximum Gasteiger partial charge on any atom is 0.289 e. The van der Waals surface area contributed by atoms with Crippen LogP contribution in [0.1, 0.15) is 29.8 Å². The second-order valence-corrected chi connectivity index (χ2v) is 6.89. The van der Waals surface area contributed by atoms with Crippen molar-refractivity contribution in [3.8, 4) is 0 Å². The molecular weight excluding hydrogens is 280 g/mol. The summed E-state index contributed by atoms with van der Waals surface area (Å²) in [5.41, 5.74) is 0. The molecule has 0 aliphatic carbocycles. The fourth-order valence-corrected chi connectivity index (χ4v) is 4.21. The third-order valence-electron chi connectivity index (χ3n) is 5.39. The Morgan fingerprint density at radius 3 is 2.91 bits per heavy atom. The minimum absolute atomic E-state index is 0.0464. The molecule has 0 unspecified atom stereocenters. The Balaban J connectivity index is 1.34. The van der Waals surface area contributed by atoms with Crippen LogP contribution in [0.4, 0.5) is 0 Å². The van der Waals surface area contributed by atoms with Crippen LogP contribution in [0.15, 0.2) is 22.8 Å². The van der Waals surface area contributed by atoms with Crippen LogP contribution in [0.3, 0.4) is 0 Å². The average molecular weight is 304 g/mol. The topological polar surface area (TPSA) is 45.9 Å². The van der Waals surface area contributed by atoms with Crippen LogP contribution in [0.5, 0.6) is 0 Å². The minimum Gasteiger partial charge on any atom is -0.459 e. The van der Waals surface area contributed by atoms with Gasteiger partial charge in [-0.25, -0.2) is 0 Å². The molecule has 1 amide bonds. The van der Waals surface area contributed by atoms with Crippen LogP contribution in [0.25, 0.3) is 0 Å². The molecule has 0 spiro atoms. The van der Waals surface area contributed by atoms with E-state index in [1.165, 1.54) is 19.3 Å². The first-order valence-electron chi connectivity index (χ1n) is 8.46. The number of hydrogen-bond acceptors (Lipinski definition) is 4. The molecule has 1 aromatic rings. The molecule has 4 heterocycles. The van der Waals surface area contributed by atoms with Gasteiger partial charge in [-0.1, -0.05) is 0 Å². The van der Waals surface area contributed by atoms with Crippen LogP contribution >= 0.6 is 0 Å². The van der Waals surface area contributed by atoms with E-state index in [0.717, 1.165) is 39.3 Å². The highest BCUT2D eigenvalue weighted by Crippen LogP contribution is 2.32. The van der Waals surface area contributed by atoms with Gasteiger partial charge in [0.2, 0.25) is 0 Å². The molecule has 5 heteroatoms. The SMILES string of the molecule is O=C(c1ccco1)N1C[C@H]2CN(C[C@@H]3CCCO3)CC[C@H]2C1. The van der Waals surface area contributed by atoms with Crippen LogP contribution in [0.2, 0.25) is 0 Å². The summed E-state index contributed by atoms with van der Waals surface area (Å²) in [4.78, 5) is 16.9. The predicted octanol–water partition coefficient (Wildman–Crippen LogP) is 1.85. The first-order valence-corrected chi connectivity index (χ1v) is 8.46. The monoisotopic (exact) mass is 304 g/mol. The summed E-state index contributed by atoms with van der Waals surface area (Å²) in [5.74, 6) is 1.77. The highest BCUT2D eigenvalue weighted by molar-refractivity contribution is 5.91. The Morgan fingerprint density at radius 1 is 1.23 bits per heavy atom. The van der Waals surface area contributed by atoms with E-state index in [2.05, 4.69) is 4.90 Å². The lowest BCUT2D eigenvalue weighted by molar-refractivity contribution is 0.0506. The van der Waals surface area contributed by atoms with Crippen molar-refractivity contribution >= 4 is 5.91 Å². The second-order valence-electron chi connectivity index (χ2n) is 6.89. The van der Waals surface area contributed by atoms with Crippen molar-refractivity contribution in [1.82, 2.24) is 9.80 Å². The standard InChI is InChI=1S/C17H24N2O3/c20-17(16-4-2-8-22-16)19-10-13-5-6-18(9-14(13)11-19)12-15-3-1-7-21-15/h2,4,8,13-15H,1,3,5-7,9-12H2/t13-,14+,15-/m0/s1. The van der Waals surface area contributed by atoms with Crippen LogP contribution in [-0.2, 0) is 4.74 Å². The van der Waals surface area contributed by atoms with Crippen molar-refractivity contribution < 1.29 is 13.9 Å². The van der Waals surface area contributed by atoms with Gasteiger partial charge in [-0.3, -0.25) is 4.79 Å². The number of ether oxygens (including phenoxy) is 1. The molecule has 0 N–H and O–H groups in total. The van der Waals surface area contributed by atoms with Crippen molar-refractivity contribution in [3.63, 3.8) is 0 Å². The number of amides is 1. The molecule has 4 rings (SSSR count). The zero-order valence-electron chi connectivity index (χ0n) is 12.9. The molecule has 5 nitrogen and oxygen atoms in total. The molecule has 0 radical (unpaired) electrons. The van der Waals surface area contributed by atoms with E-state index in [9.17, 15) is 4.79 Å². The van der Waals surface area contributed by atoms with Gasteiger partial charge in [0, 0.05) is 32.8 Å². The first-order chi connectivity index (χ1) is 10.8. The quantitative estimate of drug-likeness (QED) is 0.855. The molecule has 3 aliphatic heterocycles. The summed E-state index contributed by atoms with van der Waals surface area (Å²) in [5, 5.41) is 0. The molecule has 3 saturated heterocycles. The minimum atomic E-state index is 0.0464. The molecule has 3 fully saturated rings. The van der Waals surface area contributed by atoms with Gasteiger partial charge >= 0.3 is 0 Å². The normalized spacial score (nSPS) is 32.4. The van der Waals surface area contributed by atoms with E-state index in [1.807, 2.05) is 4.90 Å². The third kappa shape index (κ3) is 2.79. The summed E-state index contributed by atoms with van der Waals surface area (Å²) in [6, 6.07) is 3.54. The lowest BCUT2D eigenvalue weighted by Gasteiger charge is -2.35. The number of furan rings is 1. The van der Waals surface area contributed by atoms with Crippen LogP contribution < -0.4 is 0 Å². The number of nitrogens with zero attached hydrogens (tertiary/aromatic N) is 2. The summed E-state index contributed by atoms with van der Waals surface area (Å²) in [6.45, 7) is 5.99. The van der Waals surface area contributed by atoms with Crippen molar-refractivity contribution in [3.05, 3.63) is 24.2 Å². The van der Waals surface area contributed by atoms with Gasteiger partial charge in [-0.05, 0) is 49.8 Å². The van der Waals surface area contributed by atoms with Gasteiger partial charge in [0.25, 0.3) is 5.91 Å². The molecule has 0 saturated carbocycles. The highest BCUT2D eigenvalue weighted by atomic mass is 16.5. The predicted molar refractivity (Wildman–Crippen MR) is 81.6 cm³/mol. The number of carbonyl (C=O) groups is 1. The largest absolute Gasteiger partial charge is 0.459 e. The first kappa shape index (κ1) is 14.3. The van der Waals surface area contributed by atoms with Crippen LogP contribution in [-0.4, -0.2) is 61.1 Å². The van der Waals surface area contributed by atoms with E-state index in [1.54, 1.807) is 18.4 Å². The summed E-state index contributed by atoms with van der Waals surface area (Å²) in [7, 11) is 0. The van der Waals surface area contributed by atoms with Gasteiger partial charge in [0.15, 0.2) is 5.76 Å². The highest BCUT2D eigenvalue weighted by Gasteiger charge is 2.40. The molecule has 1 aromatic heterocycles. The Morgan fingerprint density at radius 2 is 2.14 bits per heavy atom. The number of fused-ring (bicyclic) bond motifs is 1. The number of piperidine rings is 1. The Hall–Kier alpha value is -1.33. The van der Waals surface area contributed by atoms with Gasteiger partial charge < -0.3 is 19.0 Å². The number of likely N-dealkylation sites (tertiary alicyclic amines) is 2. The van der Waals surface area contributed by atoms with Crippen molar-refractivity contribution in [2.45, 2.75) is 25.4 Å². The Kier molecular flexibility index (Phi) is 3.92. The summed E-state index contributed by atoms with van der Waals surface area (Å²) < 4.78 is 11.0. The van der Waals surface area contributed by atoms with Gasteiger partial charge in [-0.2, -0.15) is 0 Å². The van der Waals surface area contributed by atoms with E-state index < -0.39 is 0 Å². The summed E-state index contributed by atoms with van der Waals surface area (Å²) in [6.07, 6.45) is 5.60. The lowest BCUT2D eigenvalue weighted by atomic mass is 9.88. The number of rotatable bonds is 3. The fraction of sp³-hybridized carbons (Fsp3) is 0.706.